The van der Waals surface area contributed by atoms with E-state index in [2.05, 4.69) is 10.3 Å². The van der Waals surface area contributed by atoms with Crippen LogP contribution in [0.5, 0.6) is 0 Å². The van der Waals surface area contributed by atoms with E-state index in [1.165, 1.54) is 12.1 Å². The van der Waals surface area contributed by atoms with Gasteiger partial charge in [0.15, 0.2) is 0 Å². The van der Waals surface area contributed by atoms with Crippen LogP contribution in [0.1, 0.15) is 15.9 Å². The largest absolute Gasteiger partial charge is 0.464 e. The van der Waals surface area contributed by atoms with Crippen molar-refractivity contribution in [1.29, 1.82) is 0 Å². The lowest BCUT2D eigenvalue weighted by Gasteiger charge is -2.09. The SMILES string of the molecule is Cc1cc(NC(=O)c2ccc(-c3nccc4occc34)cc2)ccc1S(N)(=O)=O. The highest BCUT2D eigenvalue weighted by atomic mass is 32.2. The highest BCUT2D eigenvalue weighted by Crippen LogP contribution is 2.27. The molecule has 3 N–H and O–H groups in total. The smallest absolute Gasteiger partial charge is 0.255 e. The molecule has 7 nitrogen and oxygen atoms in total. The van der Waals surface area contributed by atoms with Gasteiger partial charge in [0.1, 0.15) is 5.58 Å². The maximum Gasteiger partial charge on any atom is 0.255 e. The minimum atomic E-state index is -3.80. The van der Waals surface area contributed by atoms with Crippen molar-refractivity contribution in [3.05, 3.63) is 78.2 Å². The molecule has 0 saturated carbocycles. The number of nitrogens with zero attached hydrogens (tertiary/aromatic N) is 1. The summed E-state index contributed by atoms with van der Waals surface area (Å²) in [5, 5.41) is 8.82. The van der Waals surface area contributed by atoms with E-state index in [0.717, 1.165) is 22.2 Å². The Bertz CT molecular complexity index is 1330. The predicted octanol–water partition coefficient (Wildman–Crippen LogP) is 3.70. The predicted molar refractivity (Wildman–Crippen MR) is 110 cm³/mol. The van der Waals surface area contributed by atoms with Gasteiger partial charge in [-0.15, -0.1) is 0 Å². The minimum absolute atomic E-state index is 0.0285. The third-order valence-electron chi connectivity index (χ3n) is 4.54. The van der Waals surface area contributed by atoms with Crippen LogP contribution in [-0.4, -0.2) is 19.3 Å². The number of fused-ring (bicyclic) bond motifs is 1. The molecule has 4 aromatic rings. The molecule has 1 amide bonds. The van der Waals surface area contributed by atoms with Gasteiger partial charge in [-0.3, -0.25) is 9.78 Å². The second-order valence-corrected chi connectivity index (χ2v) is 8.08. The van der Waals surface area contributed by atoms with Gasteiger partial charge in [-0.2, -0.15) is 0 Å². The molecule has 0 aliphatic heterocycles. The summed E-state index contributed by atoms with van der Waals surface area (Å²) < 4.78 is 28.4. The number of amides is 1. The second kappa shape index (κ2) is 7.16. The Balaban J connectivity index is 1.56. The molecule has 4 rings (SSSR count). The zero-order valence-corrected chi connectivity index (χ0v) is 16.2. The van der Waals surface area contributed by atoms with Gasteiger partial charge < -0.3 is 9.73 Å². The standard InChI is InChI=1S/C21H17N3O4S/c1-13-12-16(6-7-19(13)29(22,26)27)24-21(25)15-4-2-14(3-5-15)20-17-9-11-28-18(17)8-10-23-20/h2-12H,1H3,(H,24,25)(H2,22,26,27). The van der Waals surface area contributed by atoms with Crippen LogP contribution in [0.15, 0.2) is 76.4 Å². The van der Waals surface area contributed by atoms with E-state index in [9.17, 15) is 13.2 Å². The summed E-state index contributed by atoms with van der Waals surface area (Å²) in [7, 11) is -3.80. The fourth-order valence-electron chi connectivity index (χ4n) is 3.15. The van der Waals surface area contributed by atoms with Crippen LogP contribution in [0.25, 0.3) is 22.2 Å². The number of benzene rings is 2. The first-order valence-electron chi connectivity index (χ1n) is 8.70. The number of rotatable bonds is 4. The highest BCUT2D eigenvalue weighted by molar-refractivity contribution is 7.89. The Morgan fingerprint density at radius 2 is 1.83 bits per heavy atom. The number of carbonyl (C=O) groups is 1. The summed E-state index contributed by atoms with van der Waals surface area (Å²) in [5.74, 6) is -0.311. The Morgan fingerprint density at radius 3 is 2.52 bits per heavy atom. The zero-order chi connectivity index (χ0) is 20.6. The van der Waals surface area contributed by atoms with Crippen LogP contribution < -0.4 is 10.5 Å². The van der Waals surface area contributed by atoms with Gasteiger partial charge in [-0.1, -0.05) is 12.1 Å². The fourth-order valence-corrected chi connectivity index (χ4v) is 3.92. The Labute approximate surface area is 167 Å². The monoisotopic (exact) mass is 407 g/mol. The molecular weight excluding hydrogens is 390 g/mol. The fraction of sp³-hybridized carbons (Fsp3) is 0.0476. The molecule has 0 aliphatic rings. The Kier molecular flexibility index (Phi) is 4.65. The van der Waals surface area contributed by atoms with E-state index >= 15 is 0 Å². The van der Waals surface area contributed by atoms with Gasteiger partial charge in [-0.25, -0.2) is 13.6 Å². The number of pyridine rings is 1. The van der Waals surface area contributed by atoms with Gasteiger partial charge in [0, 0.05) is 28.4 Å². The first kappa shape index (κ1) is 18.9. The van der Waals surface area contributed by atoms with Gasteiger partial charge in [-0.05, 0) is 55.0 Å². The summed E-state index contributed by atoms with van der Waals surface area (Å²) in [6.45, 7) is 1.62. The lowest BCUT2D eigenvalue weighted by molar-refractivity contribution is 0.102. The van der Waals surface area contributed by atoms with Crippen molar-refractivity contribution in [3.63, 3.8) is 0 Å². The molecule has 0 fully saturated rings. The van der Waals surface area contributed by atoms with Crippen molar-refractivity contribution in [1.82, 2.24) is 4.98 Å². The highest BCUT2D eigenvalue weighted by Gasteiger charge is 2.13. The van der Waals surface area contributed by atoms with E-state index in [4.69, 9.17) is 9.56 Å². The number of primary sulfonamides is 1. The lowest BCUT2D eigenvalue weighted by Crippen LogP contribution is -2.15. The van der Waals surface area contributed by atoms with Crippen molar-refractivity contribution in [2.24, 2.45) is 5.14 Å². The van der Waals surface area contributed by atoms with Crippen LogP contribution >= 0.6 is 0 Å². The molecule has 2 aromatic carbocycles. The lowest BCUT2D eigenvalue weighted by atomic mass is 10.1. The van der Waals surface area contributed by atoms with E-state index in [1.54, 1.807) is 43.6 Å². The molecule has 0 aliphatic carbocycles. The number of furan rings is 1. The van der Waals surface area contributed by atoms with Crippen molar-refractivity contribution < 1.29 is 17.6 Å². The third kappa shape index (κ3) is 3.75. The number of anilines is 1. The summed E-state index contributed by atoms with van der Waals surface area (Å²) >= 11 is 0. The van der Waals surface area contributed by atoms with Crippen LogP contribution in [0.4, 0.5) is 5.69 Å². The van der Waals surface area contributed by atoms with Crippen LogP contribution in [0.2, 0.25) is 0 Å². The topological polar surface area (TPSA) is 115 Å². The molecular formula is C21H17N3O4S. The number of hydrogen-bond donors (Lipinski definition) is 2. The number of aryl methyl sites for hydroxylation is 1. The molecule has 29 heavy (non-hydrogen) atoms. The molecule has 2 aromatic heterocycles. The zero-order valence-electron chi connectivity index (χ0n) is 15.4. The van der Waals surface area contributed by atoms with Crippen LogP contribution in [0, 0.1) is 6.92 Å². The molecule has 0 radical (unpaired) electrons. The molecule has 0 bridgehead atoms. The van der Waals surface area contributed by atoms with E-state index in [-0.39, 0.29) is 10.8 Å². The van der Waals surface area contributed by atoms with Crippen LogP contribution in [0.3, 0.4) is 0 Å². The van der Waals surface area contributed by atoms with Crippen molar-refractivity contribution in [2.75, 3.05) is 5.32 Å². The molecule has 0 saturated heterocycles. The van der Waals surface area contributed by atoms with Gasteiger partial charge in [0.2, 0.25) is 10.0 Å². The summed E-state index contributed by atoms with van der Waals surface area (Å²) in [4.78, 5) is 17.0. The number of nitrogens with two attached hydrogens (primary N) is 1. The first-order valence-corrected chi connectivity index (χ1v) is 10.2. The van der Waals surface area contributed by atoms with Gasteiger partial charge >= 0.3 is 0 Å². The van der Waals surface area contributed by atoms with E-state index in [1.807, 2.05) is 18.2 Å². The molecule has 0 unspecified atom stereocenters. The third-order valence-corrected chi connectivity index (χ3v) is 5.61. The van der Waals surface area contributed by atoms with Crippen LogP contribution in [-0.2, 0) is 10.0 Å². The number of carbonyl (C=O) groups excluding carboxylic acids is 1. The van der Waals surface area contributed by atoms with Crippen molar-refractivity contribution >= 4 is 32.6 Å². The Hall–Kier alpha value is -3.49. The molecule has 146 valence electrons. The summed E-state index contributed by atoms with van der Waals surface area (Å²) in [6, 6.07) is 15.1. The molecule has 8 heteroatoms. The summed E-state index contributed by atoms with van der Waals surface area (Å²) in [5.41, 5.74) is 3.78. The maximum atomic E-state index is 12.5. The molecule has 0 atom stereocenters. The van der Waals surface area contributed by atoms with E-state index in [0.29, 0.717) is 16.8 Å². The number of aromatic nitrogens is 1. The van der Waals surface area contributed by atoms with Gasteiger partial charge in [0.25, 0.3) is 5.91 Å². The average molecular weight is 407 g/mol. The Morgan fingerprint density at radius 1 is 1.07 bits per heavy atom. The molecule has 2 heterocycles. The minimum Gasteiger partial charge on any atom is -0.464 e. The number of nitrogens with one attached hydrogen (secondary N) is 1. The number of hydrogen-bond acceptors (Lipinski definition) is 5. The second-order valence-electron chi connectivity index (χ2n) is 6.55. The van der Waals surface area contributed by atoms with E-state index < -0.39 is 10.0 Å². The normalized spacial score (nSPS) is 11.5. The maximum absolute atomic E-state index is 12.5. The van der Waals surface area contributed by atoms with Gasteiger partial charge in [0.05, 0.1) is 16.9 Å². The van der Waals surface area contributed by atoms with Crippen molar-refractivity contribution in [3.8, 4) is 11.3 Å². The summed E-state index contributed by atoms with van der Waals surface area (Å²) in [6.07, 6.45) is 3.29. The number of sulfonamides is 1. The first-order chi connectivity index (χ1) is 13.8. The quantitative estimate of drug-likeness (QED) is 0.535. The molecule has 0 spiro atoms. The van der Waals surface area contributed by atoms with Crippen molar-refractivity contribution in [2.45, 2.75) is 11.8 Å². The average Bonchev–Trinajstić information content (AvgIpc) is 3.16.